The molecule has 1 saturated heterocycles. The predicted octanol–water partition coefficient (Wildman–Crippen LogP) is 4.33. The van der Waals surface area contributed by atoms with Crippen LogP contribution in [-0.2, 0) is 0 Å². The van der Waals surface area contributed by atoms with E-state index in [9.17, 15) is 0 Å². The zero-order chi connectivity index (χ0) is 12.4. The van der Waals surface area contributed by atoms with Crippen molar-refractivity contribution in [2.75, 3.05) is 13.1 Å². The van der Waals surface area contributed by atoms with E-state index in [0.29, 0.717) is 0 Å². The molecular formula is C16H22BrN. The largest absolute Gasteiger partial charge is 0.316 e. The highest BCUT2D eigenvalue weighted by Crippen LogP contribution is 2.42. The minimum absolute atomic E-state index is 0.731. The number of nitrogens with one attached hydrogen (secondary N) is 1. The monoisotopic (exact) mass is 307 g/mol. The smallest absolute Gasteiger partial charge is 0.0175 e. The lowest BCUT2D eigenvalue weighted by Gasteiger charge is -2.36. The first kappa shape index (κ1) is 12.7. The molecule has 1 aliphatic carbocycles. The maximum atomic E-state index is 3.59. The van der Waals surface area contributed by atoms with Crippen molar-refractivity contribution in [1.29, 1.82) is 0 Å². The van der Waals surface area contributed by atoms with Crippen LogP contribution in [0.5, 0.6) is 0 Å². The lowest BCUT2D eigenvalue weighted by atomic mass is 9.73. The molecular weight excluding hydrogens is 286 g/mol. The molecule has 0 spiro atoms. The first-order valence-electron chi connectivity index (χ1n) is 7.31. The van der Waals surface area contributed by atoms with Crippen LogP contribution in [0.25, 0.3) is 0 Å². The quantitative estimate of drug-likeness (QED) is 0.857. The Hall–Kier alpha value is -0.340. The van der Waals surface area contributed by atoms with Gasteiger partial charge in [0.25, 0.3) is 0 Å². The van der Waals surface area contributed by atoms with Crippen LogP contribution in [0.15, 0.2) is 28.7 Å². The minimum atomic E-state index is 0.731. The molecule has 1 aromatic rings. The van der Waals surface area contributed by atoms with E-state index >= 15 is 0 Å². The number of hydrogen-bond acceptors (Lipinski definition) is 1. The Balaban J connectivity index is 1.80. The van der Waals surface area contributed by atoms with E-state index in [0.717, 1.165) is 17.8 Å². The first-order chi connectivity index (χ1) is 8.84. The van der Waals surface area contributed by atoms with Crippen molar-refractivity contribution in [2.24, 2.45) is 11.8 Å². The molecule has 1 saturated carbocycles. The molecule has 18 heavy (non-hydrogen) atoms. The molecule has 98 valence electrons. The van der Waals surface area contributed by atoms with Crippen LogP contribution in [0.2, 0.25) is 0 Å². The van der Waals surface area contributed by atoms with Crippen LogP contribution in [0, 0.1) is 11.8 Å². The van der Waals surface area contributed by atoms with Crippen molar-refractivity contribution >= 4 is 15.9 Å². The van der Waals surface area contributed by atoms with Gasteiger partial charge >= 0.3 is 0 Å². The summed E-state index contributed by atoms with van der Waals surface area (Å²) < 4.78 is 1.19. The molecule has 3 rings (SSSR count). The van der Waals surface area contributed by atoms with Gasteiger partial charge in [-0.25, -0.2) is 0 Å². The van der Waals surface area contributed by atoms with E-state index in [-0.39, 0.29) is 0 Å². The van der Waals surface area contributed by atoms with E-state index in [4.69, 9.17) is 0 Å². The average molecular weight is 308 g/mol. The third-order valence-electron chi connectivity index (χ3n) is 4.84. The molecule has 0 amide bonds. The third kappa shape index (κ3) is 2.65. The van der Waals surface area contributed by atoms with Gasteiger partial charge in [0.05, 0.1) is 0 Å². The highest BCUT2D eigenvalue weighted by atomic mass is 79.9. The third-order valence-corrected chi connectivity index (χ3v) is 5.37. The van der Waals surface area contributed by atoms with Crippen molar-refractivity contribution < 1.29 is 0 Å². The molecule has 1 nitrogen and oxygen atoms in total. The second kappa shape index (κ2) is 5.75. The fourth-order valence-corrected chi connectivity index (χ4v) is 4.17. The molecule has 2 atom stereocenters. The van der Waals surface area contributed by atoms with Gasteiger partial charge in [-0.05, 0) is 48.4 Å². The predicted molar refractivity (Wildman–Crippen MR) is 79.8 cm³/mol. The Morgan fingerprint density at radius 1 is 1.00 bits per heavy atom. The van der Waals surface area contributed by atoms with E-state index in [2.05, 4.69) is 45.5 Å². The number of rotatable bonds is 2. The summed E-state index contributed by atoms with van der Waals surface area (Å²) in [5, 5.41) is 3.59. The van der Waals surface area contributed by atoms with Gasteiger partial charge in [0.15, 0.2) is 0 Å². The molecule has 1 N–H and O–H groups in total. The van der Waals surface area contributed by atoms with Gasteiger partial charge in [0.1, 0.15) is 0 Å². The van der Waals surface area contributed by atoms with Crippen LogP contribution >= 0.6 is 15.9 Å². The van der Waals surface area contributed by atoms with E-state index < -0.39 is 0 Å². The topological polar surface area (TPSA) is 12.0 Å². The molecule has 2 aliphatic rings. The van der Waals surface area contributed by atoms with E-state index in [1.807, 2.05) is 0 Å². The highest BCUT2D eigenvalue weighted by Gasteiger charge is 2.33. The Kier molecular flexibility index (Phi) is 4.05. The maximum absolute atomic E-state index is 3.59. The molecule has 0 radical (unpaired) electrons. The lowest BCUT2D eigenvalue weighted by molar-refractivity contribution is 0.227. The maximum Gasteiger partial charge on any atom is 0.0175 e. The number of hydrogen-bond donors (Lipinski definition) is 1. The molecule has 1 heterocycles. The minimum Gasteiger partial charge on any atom is -0.316 e. The summed E-state index contributed by atoms with van der Waals surface area (Å²) in [4.78, 5) is 0. The summed E-state index contributed by atoms with van der Waals surface area (Å²) in [6.45, 7) is 2.39. The van der Waals surface area contributed by atoms with Crippen LogP contribution in [-0.4, -0.2) is 13.1 Å². The van der Waals surface area contributed by atoms with Crippen molar-refractivity contribution in [3.05, 3.63) is 34.3 Å². The summed E-state index contributed by atoms with van der Waals surface area (Å²) in [6, 6.07) is 9.00. The van der Waals surface area contributed by atoms with Gasteiger partial charge in [-0.3, -0.25) is 0 Å². The zero-order valence-corrected chi connectivity index (χ0v) is 12.5. The fraction of sp³-hybridized carbons (Fsp3) is 0.625. The number of piperidine rings is 1. The normalized spacial score (nSPS) is 29.6. The van der Waals surface area contributed by atoms with Crippen molar-refractivity contribution in [3.8, 4) is 0 Å². The van der Waals surface area contributed by atoms with Crippen LogP contribution in [0.3, 0.4) is 0 Å². The van der Waals surface area contributed by atoms with Gasteiger partial charge in [-0.15, -0.1) is 0 Å². The zero-order valence-electron chi connectivity index (χ0n) is 10.9. The molecule has 0 aromatic heterocycles. The van der Waals surface area contributed by atoms with Crippen LogP contribution in [0.4, 0.5) is 0 Å². The summed E-state index contributed by atoms with van der Waals surface area (Å²) in [5.41, 5.74) is 1.53. The summed E-state index contributed by atoms with van der Waals surface area (Å²) in [7, 11) is 0. The number of halogens is 1. The second-order valence-corrected chi connectivity index (χ2v) is 6.77. The molecule has 2 fully saturated rings. The van der Waals surface area contributed by atoms with Crippen LogP contribution < -0.4 is 5.32 Å². The SMILES string of the molecule is Brc1ccc(C2CNCCC2C2CCCC2)cc1. The van der Waals surface area contributed by atoms with E-state index in [1.165, 1.54) is 55.2 Å². The molecule has 2 unspecified atom stereocenters. The Labute approximate surface area is 118 Å². The highest BCUT2D eigenvalue weighted by molar-refractivity contribution is 9.10. The summed E-state index contributed by atoms with van der Waals surface area (Å²) in [6.07, 6.45) is 7.23. The first-order valence-corrected chi connectivity index (χ1v) is 8.10. The lowest BCUT2D eigenvalue weighted by Crippen LogP contribution is -2.38. The van der Waals surface area contributed by atoms with Crippen molar-refractivity contribution in [2.45, 2.75) is 38.0 Å². The second-order valence-electron chi connectivity index (χ2n) is 5.86. The van der Waals surface area contributed by atoms with Gasteiger partial charge in [0, 0.05) is 11.0 Å². The Bertz CT molecular complexity index is 381. The molecule has 1 aliphatic heterocycles. The van der Waals surface area contributed by atoms with Gasteiger partial charge < -0.3 is 5.32 Å². The summed E-state index contributed by atoms with van der Waals surface area (Å²) >= 11 is 3.54. The van der Waals surface area contributed by atoms with Crippen molar-refractivity contribution in [3.63, 3.8) is 0 Å². The Morgan fingerprint density at radius 2 is 1.72 bits per heavy atom. The van der Waals surface area contributed by atoms with E-state index in [1.54, 1.807) is 0 Å². The van der Waals surface area contributed by atoms with Gasteiger partial charge in [0.2, 0.25) is 0 Å². The fourth-order valence-electron chi connectivity index (χ4n) is 3.90. The molecule has 2 heteroatoms. The molecule has 1 aromatic carbocycles. The average Bonchev–Trinajstić information content (AvgIpc) is 2.93. The standard InChI is InChI=1S/C16H22BrN/c17-14-7-5-13(6-8-14)16-11-18-10-9-15(16)12-3-1-2-4-12/h5-8,12,15-16,18H,1-4,9-11H2. The summed E-state index contributed by atoms with van der Waals surface area (Å²) in [5.74, 6) is 2.63. The molecule has 0 bridgehead atoms. The Morgan fingerprint density at radius 3 is 2.44 bits per heavy atom. The number of benzene rings is 1. The van der Waals surface area contributed by atoms with Gasteiger partial charge in [-0.1, -0.05) is 53.7 Å². The van der Waals surface area contributed by atoms with Gasteiger partial charge in [-0.2, -0.15) is 0 Å². The van der Waals surface area contributed by atoms with Crippen molar-refractivity contribution in [1.82, 2.24) is 5.32 Å². The van der Waals surface area contributed by atoms with Crippen LogP contribution in [0.1, 0.15) is 43.6 Å².